The second-order valence-corrected chi connectivity index (χ2v) is 5.64. The number of nitrogens with zero attached hydrogens (tertiary/aromatic N) is 1. The Morgan fingerprint density at radius 1 is 1.24 bits per heavy atom. The molecule has 0 N–H and O–H groups in total. The topological polar surface area (TPSA) is 3.24 Å². The SMILES string of the molecule is C#CCCN1CCC(Cc2cccc(C(F)(F)F)c2)CC1. The van der Waals surface area contributed by atoms with Gasteiger partial charge < -0.3 is 4.90 Å². The Balaban J connectivity index is 1.88. The second-order valence-electron chi connectivity index (χ2n) is 5.64. The van der Waals surface area contributed by atoms with Gasteiger partial charge in [0.05, 0.1) is 5.56 Å². The third-order valence-corrected chi connectivity index (χ3v) is 4.06. The van der Waals surface area contributed by atoms with Crippen molar-refractivity contribution in [3.8, 4) is 12.3 Å². The first-order valence-electron chi connectivity index (χ1n) is 7.31. The second kappa shape index (κ2) is 7.00. The fraction of sp³-hybridized carbons (Fsp3) is 0.529. The molecule has 0 atom stereocenters. The van der Waals surface area contributed by atoms with Crippen molar-refractivity contribution in [3.63, 3.8) is 0 Å². The first kappa shape index (κ1) is 15.9. The summed E-state index contributed by atoms with van der Waals surface area (Å²) < 4.78 is 38.1. The van der Waals surface area contributed by atoms with Crippen LogP contribution in [-0.4, -0.2) is 24.5 Å². The van der Waals surface area contributed by atoms with Crippen LogP contribution < -0.4 is 0 Å². The lowest BCUT2D eigenvalue weighted by Crippen LogP contribution is -2.34. The molecule has 0 aromatic heterocycles. The van der Waals surface area contributed by atoms with Crippen LogP contribution in [-0.2, 0) is 12.6 Å². The van der Waals surface area contributed by atoms with Crippen molar-refractivity contribution in [2.75, 3.05) is 19.6 Å². The summed E-state index contributed by atoms with van der Waals surface area (Å²) in [5, 5.41) is 0. The zero-order valence-electron chi connectivity index (χ0n) is 12.0. The van der Waals surface area contributed by atoms with Crippen molar-refractivity contribution in [2.24, 2.45) is 5.92 Å². The van der Waals surface area contributed by atoms with Crippen LogP contribution >= 0.6 is 0 Å². The van der Waals surface area contributed by atoms with Crippen LogP contribution in [0.5, 0.6) is 0 Å². The van der Waals surface area contributed by atoms with Gasteiger partial charge in [-0.2, -0.15) is 13.2 Å². The number of terminal acetylenes is 1. The smallest absolute Gasteiger partial charge is 0.302 e. The Labute approximate surface area is 124 Å². The van der Waals surface area contributed by atoms with Crippen LogP contribution in [0.4, 0.5) is 13.2 Å². The lowest BCUT2D eigenvalue weighted by atomic mass is 9.89. The first-order valence-corrected chi connectivity index (χ1v) is 7.31. The number of benzene rings is 1. The Morgan fingerprint density at radius 2 is 1.95 bits per heavy atom. The van der Waals surface area contributed by atoms with Crippen molar-refractivity contribution < 1.29 is 13.2 Å². The minimum Gasteiger partial charge on any atom is -0.302 e. The predicted molar refractivity (Wildman–Crippen MR) is 77.8 cm³/mol. The van der Waals surface area contributed by atoms with Crippen LogP contribution in [0, 0.1) is 18.3 Å². The van der Waals surface area contributed by atoms with Crippen molar-refractivity contribution in [1.82, 2.24) is 4.90 Å². The van der Waals surface area contributed by atoms with E-state index in [1.165, 1.54) is 12.1 Å². The number of hydrogen-bond donors (Lipinski definition) is 0. The molecule has 1 saturated heterocycles. The molecule has 1 aliphatic heterocycles. The van der Waals surface area contributed by atoms with Crippen molar-refractivity contribution in [3.05, 3.63) is 35.4 Å². The lowest BCUT2D eigenvalue weighted by molar-refractivity contribution is -0.137. The molecule has 0 aliphatic carbocycles. The number of piperidine rings is 1. The number of likely N-dealkylation sites (tertiary alicyclic amines) is 1. The Morgan fingerprint density at radius 3 is 2.57 bits per heavy atom. The molecule has 1 aromatic rings. The van der Waals surface area contributed by atoms with Gasteiger partial charge in [0.2, 0.25) is 0 Å². The molecular weight excluding hydrogens is 275 g/mol. The molecule has 0 bridgehead atoms. The summed E-state index contributed by atoms with van der Waals surface area (Å²) in [5.74, 6) is 3.11. The summed E-state index contributed by atoms with van der Waals surface area (Å²) in [4.78, 5) is 2.34. The molecule has 1 aromatic carbocycles. The highest BCUT2D eigenvalue weighted by molar-refractivity contribution is 5.26. The first-order chi connectivity index (χ1) is 9.99. The van der Waals surface area contributed by atoms with E-state index >= 15 is 0 Å². The van der Waals surface area contributed by atoms with Gasteiger partial charge in [-0.3, -0.25) is 0 Å². The molecule has 1 aliphatic rings. The van der Waals surface area contributed by atoms with Gasteiger partial charge in [0.25, 0.3) is 0 Å². The van der Waals surface area contributed by atoms with Crippen LogP contribution in [0.3, 0.4) is 0 Å². The maximum atomic E-state index is 12.7. The van der Waals surface area contributed by atoms with Crippen LogP contribution in [0.2, 0.25) is 0 Å². The Kier molecular flexibility index (Phi) is 5.30. The zero-order valence-corrected chi connectivity index (χ0v) is 12.0. The number of rotatable bonds is 4. The van der Waals surface area contributed by atoms with Gasteiger partial charge in [-0.15, -0.1) is 12.3 Å². The van der Waals surface area contributed by atoms with Gasteiger partial charge in [-0.1, -0.05) is 18.2 Å². The summed E-state index contributed by atoms with van der Waals surface area (Å²) in [6.07, 6.45) is 4.55. The molecule has 4 heteroatoms. The summed E-state index contributed by atoms with van der Waals surface area (Å²) in [5.41, 5.74) is 0.235. The lowest BCUT2D eigenvalue weighted by Gasteiger charge is -2.31. The van der Waals surface area contributed by atoms with Crippen molar-refractivity contribution in [1.29, 1.82) is 0 Å². The molecule has 114 valence electrons. The fourth-order valence-corrected chi connectivity index (χ4v) is 2.84. The summed E-state index contributed by atoms with van der Waals surface area (Å²) in [6, 6.07) is 5.71. The van der Waals surface area contributed by atoms with E-state index in [4.69, 9.17) is 6.42 Å². The molecule has 0 radical (unpaired) electrons. The molecule has 0 spiro atoms. The van der Waals surface area contributed by atoms with Crippen molar-refractivity contribution >= 4 is 0 Å². The fourth-order valence-electron chi connectivity index (χ4n) is 2.84. The highest BCUT2D eigenvalue weighted by atomic mass is 19.4. The number of halogens is 3. The van der Waals surface area contributed by atoms with E-state index in [2.05, 4.69) is 10.8 Å². The summed E-state index contributed by atoms with van der Waals surface area (Å²) >= 11 is 0. The van der Waals surface area contributed by atoms with E-state index < -0.39 is 11.7 Å². The largest absolute Gasteiger partial charge is 0.416 e. The minimum absolute atomic E-state index is 0.468. The zero-order chi connectivity index (χ0) is 15.3. The van der Waals surface area contributed by atoms with Gasteiger partial charge in [-0.05, 0) is 49.9 Å². The Hall–Kier alpha value is -1.47. The van der Waals surface area contributed by atoms with Crippen LogP contribution in [0.1, 0.15) is 30.4 Å². The third kappa shape index (κ3) is 4.78. The maximum Gasteiger partial charge on any atom is 0.416 e. The molecule has 2 rings (SSSR count). The third-order valence-electron chi connectivity index (χ3n) is 4.06. The molecule has 0 amide bonds. The quantitative estimate of drug-likeness (QED) is 0.759. The van der Waals surface area contributed by atoms with Gasteiger partial charge in [0, 0.05) is 13.0 Å². The monoisotopic (exact) mass is 295 g/mol. The van der Waals surface area contributed by atoms with E-state index in [0.29, 0.717) is 5.92 Å². The highest BCUT2D eigenvalue weighted by Gasteiger charge is 2.30. The molecule has 1 fully saturated rings. The molecule has 1 heterocycles. The highest BCUT2D eigenvalue weighted by Crippen LogP contribution is 2.30. The van der Waals surface area contributed by atoms with Gasteiger partial charge in [0.15, 0.2) is 0 Å². The van der Waals surface area contributed by atoms with Gasteiger partial charge in [-0.25, -0.2) is 0 Å². The van der Waals surface area contributed by atoms with Crippen LogP contribution in [0.25, 0.3) is 0 Å². The van der Waals surface area contributed by atoms with E-state index in [0.717, 1.165) is 56.9 Å². The van der Waals surface area contributed by atoms with E-state index in [1.807, 2.05) is 0 Å². The number of hydrogen-bond acceptors (Lipinski definition) is 1. The Bertz CT molecular complexity index is 493. The maximum absolute atomic E-state index is 12.7. The van der Waals surface area contributed by atoms with E-state index in [9.17, 15) is 13.2 Å². The van der Waals surface area contributed by atoms with Gasteiger partial charge >= 0.3 is 6.18 Å². The van der Waals surface area contributed by atoms with E-state index in [1.54, 1.807) is 6.07 Å². The minimum atomic E-state index is -4.26. The van der Waals surface area contributed by atoms with Crippen LogP contribution in [0.15, 0.2) is 24.3 Å². The average Bonchev–Trinajstić information content (AvgIpc) is 2.46. The molecule has 1 nitrogen and oxygen atoms in total. The molecular formula is C17H20F3N. The molecule has 21 heavy (non-hydrogen) atoms. The summed E-state index contributed by atoms with van der Waals surface area (Å²) in [7, 11) is 0. The van der Waals surface area contributed by atoms with Crippen molar-refractivity contribution in [2.45, 2.75) is 31.9 Å². The average molecular weight is 295 g/mol. The van der Waals surface area contributed by atoms with Gasteiger partial charge in [0.1, 0.15) is 0 Å². The molecule has 0 saturated carbocycles. The summed E-state index contributed by atoms with van der Waals surface area (Å²) in [6.45, 7) is 2.91. The van der Waals surface area contributed by atoms with E-state index in [-0.39, 0.29) is 0 Å². The number of alkyl halides is 3. The normalized spacial score (nSPS) is 17.6. The standard InChI is InChI=1S/C17H20F3N/c1-2-3-9-21-10-7-14(8-11-21)12-15-5-4-6-16(13-15)17(18,19)20/h1,4-6,13-14H,3,7-12H2. The molecule has 0 unspecified atom stereocenters. The predicted octanol–water partition coefficient (Wildman–Crippen LogP) is 3.98.